The Morgan fingerprint density at radius 2 is 1.92 bits per heavy atom. The number of anilines is 2. The van der Waals surface area contributed by atoms with Crippen LogP contribution in [0, 0.1) is 0 Å². The number of rotatable bonds is 2. The second kappa shape index (κ2) is 5.94. The first-order chi connectivity index (χ1) is 11.7. The van der Waals surface area contributed by atoms with Gasteiger partial charge in [-0.15, -0.1) is 0 Å². The van der Waals surface area contributed by atoms with Gasteiger partial charge < -0.3 is 10.5 Å². The van der Waals surface area contributed by atoms with Gasteiger partial charge in [-0.2, -0.15) is 18.2 Å². The third-order valence-corrected chi connectivity index (χ3v) is 4.11. The van der Waals surface area contributed by atoms with Crippen molar-refractivity contribution in [3.05, 3.63) is 47.5 Å². The molecule has 1 aliphatic rings. The summed E-state index contributed by atoms with van der Waals surface area (Å²) < 4.78 is 44.9. The topological polar surface area (TPSA) is 68.5 Å². The number of benzene rings is 1. The van der Waals surface area contributed by atoms with E-state index >= 15 is 0 Å². The lowest BCUT2D eigenvalue weighted by atomic mass is 10.0. The molecule has 0 bridgehead atoms. The Hall–Kier alpha value is -2.77. The largest absolute Gasteiger partial charge is 0.463 e. The zero-order valence-electron chi connectivity index (χ0n) is 13.5. The fraction of sp³-hybridized carbons (Fsp3) is 0.294. The van der Waals surface area contributed by atoms with Gasteiger partial charge in [0, 0.05) is 0 Å². The summed E-state index contributed by atoms with van der Waals surface area (Å²) in [7, 11) is 0. The molecular weight excluding hydrogens is 335 g/mol. The first kappa shape index (κ1) is 17.1. The molecule has 0 radical (unpaired) electrons. The van der Waals surface area contributed by atoms with Gasteiger partial charge in [0.1, 0.15) is 11.5 Å². The summed E-state index contributed by atoms with van der Waals surface area (Å²) in [5.74, 6) is -1.20. The lowest BCUT2D eigenvalue weighted by Gasteiger charge is -2.37. The van der Waals surface area contributed by atoms with Gasteiger partial charge in [0.25, 0.3) is 5.91 Å². The molecule has 1 aromatic heterocycles. The maximum atomic E-state index is 13.2. The van der Waals surface area contributed by atoms with E-state index in [2.05, 4.69) is 4.98 Å². The van der Waals surface area contributed by atoms with Crippen LogP contribution in [-0.2, 0) is 11.0 Å². The highest BCUT2D eigenvalue weighted by Gasteiger charge is 2.41. The summed E-state index contributed by atoms with van der Waals surface area (Å²) >= 11 is 0. The molecule has 2 heterocycles. The predicted molar refractivity (Wildman–Crippen MR) is 86.1 cm³/mol. The van der Waals surface area contributed by atoms with E-state index in [-0.39, 0.29) is 11.6 Å². The number of fused-ring (bicyclic) bond motifs is 1. The van der Waals surface area contributed by atoms with E-state index in [1.165, 1.54) is 11.8 Å². The van der Waals surface area contributed by atoms with Crippen LogP contribution in [0.25, 0.3) is 0 Å². The van der Waals surface area contributed by atoms with Crippen LogP contribution in [0.2, 0.25) is 0 Å². The van der Waals surface area contributed by atoms with Gasteiger partial charge in [-0.25, -0.2) is 0 Å². The number of carbonyl (C=O) groups is 1. The molecule has 0 saturated carbocycles. The number of halogens is 3. The molecule has 2 atom stereocenters. The Morgan fingerprint density at radius 1 is 1.28 bits per heavy atom. The summed E-state index contributed by atoms with van der Waals surface area (Å²) in [6.45, 7) is 3.25. The van der Waals surface area contributed by atoms with Crippen molar-refractivity contribution in [3.8, 4) is 5.88 Å². The minimum atomic E-state index is -4.68. The van der Waals surface area contributed by atoms with E-state index in [4.69, 9.17) is 10.5 Å². The van der Waals surface area contributed by atoms with Crippen LogP contribution < -0.4 is 15.4 Å². The predicted octanol–water partition coefficient (Wildman–Crippen LogP) is 3.56. The first-order valence-corrected chi connectivity index (χ1v) is 7.62. The molecule has 25 heavy (non-hydrogen) atoms. The van der Waals surface area contributed by atoms with Crippen LogP contribution in [0.15, 0.2) is 36.4 Å². The van der Waals surface area contributed by atoms with Crippen molar-refractivity contribution < 1.29 is 22.7 Å². The zero-order valence-corrected chi connectivity index (χ0v) is 13.5. The molecule has 0 fully saturated rings. The summed E-state index contributed by atoms with van der Waals surface area (Å²) in [6, 6.07) is 9.33. The van der Waals surface area contributed by atoms with Gasteiger partial charge in [0.2, 0.25) is 5.88 Å². The SMILES string of the molecule is C[C@H]1Oc2nc(N)c(C(F)(F)F)cc2N([C@@H](C)c2ccccc2)C1=O. The summed E-state index contributed by atoms with van der Waals surface area (Å²) in [4.78, 5) is 17.6. The number of nitrogens with zero attached hydrogens (tertiary/aromatic N) is 2. The van der Waals surface area contributed by atoms with E-state index < -0.39 is 35.6 Å². The van der Waals surface area contributed by atoms with E-state index in [0.29, 0.717) is 0 Å². The molecule has 0 saturated heterocycles. The minimum Gasteiger partial charge on any atom is -0.463 e. The number of hydrogen-bond donors (Lipinski definition) is 1. The van der Waals surface area contributed by atoms with E-state index in [1.807, 2.05) is 6.07 Å². The molecule has 8 heteroatoms. The van der Waals surface area contributed by atoms with Gasteiger partial charge in [0.15, 0.2) is 6.10 Å². The van der Waals surface area contributed by atoms with Crippen LogP contribution in [-0.4, -0.2) is 17.0 Å². The molecule has 2 aromatic rings. The molecule has 1 aromatic carbocycles. The van der Waals surface area contributed by atoms with Crippen molar-refractivity contribution in [2.75, 3.05) is 10.6 Å². The van der Waals surface area contributed by atoms with Gasteiger partial charge in [0.05, 0.1) is 11.6 Å². The van der Waals surface area contributed by atoms with Crippen molar-refractivity contribution in [1.82, 2.24) is 4.98 Å². The highest BCUT2D eigenvalue weighted by atomic mass is 19.4. The number of carbonyl (C=O) groups excluding carboxylic acids is 1. The fourth-order valence-corrected chi connectivity index (χ4v) is 2.80. The van der Waals surface area contributed by atoms with Crippen molar-refractivity contribution in [2.45, 2.75) is 32.2 Å². The van der Waals surface area contributed by atoms with E-state index in [1.54, 1.807) is 31.2 Å². The Balaban J connectivity index is 2.15. The molecule has 132 valence electrons. The molecule has 5 nitrogen and oxygen atoms in total. The number of aromatic nitrogens is 1. The first-order valence-electron chi connectivity index (χ1n) is 7.62. The second-order valence-corrected chi connectivity index (χ2v) is 5.80. The highest BCUT2D eigenvalue weighted by molar-refractivity contribution is 6.00. The Labute approximate surface area is 142 Å². The number of pyridine rings is 1. The number of alkyl halides is 3. The number of nitrogen functional groups attached to an aromatic ring is 1. The third kappa shape index (κ3) is 2.99. The molecule has 0 aliphatic carbocycles. The Morgan fingerprint density at radius 3 is 2.52 bits per heavy atom. The van der Waals surface area contributed by atoms with Crippen molar-refractivity contribution in [3.63, 3.8) is 0 Å². The molecular formula is C17H16F3N3O2. The molecule has 1 aliphatic heterocycles. The molecule has 0 spiro atoms. The van der Waals surface area contributed by atoms with Crippen LogP contribution in [0.3, 0.4) is 0 Å². The van der Waals surface area contributed by atoms with Crippen molar-refractivity contribution in [2.24, 2.45) is 0 Å². The molecule has 1 amide bonds. The lowest BCUT2D eigenvalue weighted by molar-refractivity contribution is -0.137. The number of amides is 1. The molecule has 3 rings (SSSR count). The summed E-state index contributed by atoms with van der Waals surface area (Å²) in [5, 5.41) is 0. The van der Waals surface area contributed by atoms with Gasteiger partial charge >= 0.3 is 6.18 Å². The average molecular weight is 351 g/mol. The fourth-order valence-electron chi connectivity index (χ4n) is 2.80. The minimum absolute atomic E-state index is 0.0408. The lowest BCUT2D eigenvalue weighted by Crippen LogP contribution is -2.46. The summed E-state index contributed by atoms with van der Waals surface area (Å²) in [5.41, 5.74) is 5.07. The molecule has 2 N–H and O–H groups in total. The standard InChI is InChI=1S/C17H16F3N3O2/c1-9(11-6-4-3-5-7-11)23-13-8-12(17(18,19)20)14(21)22-15(13)25-10(2)16(23)24/h3-10H,1-2H3,(H2,21,22)/t9-,10+/m0/s1. The van der Waals surface area contributed by atoms with Gasteiger partial charge in [-0.05, 0) is 25.5 Å². The quantitative estimate of drug-likeness (QED) is 0.898. The van der Waals surface area contributed by atoms with Crippen LogP contribution in [0.5, 0.6) is 5.88 Å². The van der Waals surface area contributed by atoms with Crippen LogP contribution >= 0.6 is 0 Å². The second-order valence-electron chi connectivity index (χ2n) is 5.80. The van der Waals surface area contributed by atoms with Crippen LogP contribution in [0.1, 0.15) is 31.0 Å². The zero-order chi connectivity index (χ0) is 18.4. The van der Waals surface area contributed by atoms with Crippen LogP contribution in [0.4, 0.5) is 24.7 Å². The average Bonchev–Trinajstić information content (AvgIpc) is 2.55. The van der Waals surface area contributed by atoms with Gasteiger partial charge in [-0.1, -0.05) is 30.3 Å². The summed E-state index contributed by atoms with van der Waals surface area (Å²) in [6.07, 6.45) is -5.55. The highest BCUT2D eigenvalue weighted by Crippen LogP contribution is 2.43. The number of nitrogens with two attached hydrogens (primary N) is 1. The number of hydrogen-bond acceptors (Lipinski definition) is 4. The molecule has 0 unspecified atom stereocenters. The van der Waals surface area contributed by atoms with Crippen molar-refractivity contribution in [1.29, 1.82) is 0 Å². The maximum absolute atomic E-state index is 13.2. The number of ether oxygens (including phenoxy) is 1. The Kier molecular flexibility index (Phi) is 4.06. The third-order valence-electron chi connectivity index (χ3n) is 4.11. The monoisotopic (exact) mass is 351 g/mol. The van der Waals surface area contributed by atoms with E-state index in [9.17, 15) is 18.0 Å². The van der Waals surface area contributed by atoms with Gasteiger partial charge in [-0.3, -0.25) is 9.69 Å². The Bertz CT molecular complexity index is 809. The van der Waals surface area contributed by atoms with Crippen molar-refractivity contribution >= 4 is 17.4 Å². The maximum Gasteiger partial charge on any atom is 0.420 e. The smallest absolute Gasteiger partial charge is 0.420 e. The normalized spacial score (nSPS) is 18.5. The van der Waals surface area contributed by atoms with E-state index in [0.717, 1.165) is 11.6 Å².